The van der Waals surface area contributed by atoms with E-state index in [2.05, 4.69) is 98.8 Å². The summed E-state index contributed by atoms with van der Waals surface area (Å²) in [5.74, 6) is 0. The Morgan fingerprint density at radius 3 is 1.26 bits per heavy atom. The molecule has 2 aromatic rings. The van der Waals surface area contributed by atoms with Gasteiger partial charge in [0.2, 0.25) is 0 Å². The predicted octanol–water partition coefficient (Wildman–Crippen LogP) is 8.83. The van der Waals surface area contributed by atoms with Crippen molar-refractivity contribution in [1.82, 2.24) is 0 Å². The van der Waals surface area contributed by atoms with Crippen LogP contribution in [0.25, 0.3) is 11.1 Å². The van der Waals surface area contributed by atoms with Crippen molar-refractivity contribution >= 4 is 43.6 Å². The zero-order valence-corrected chi connectivity index (χ0v) is 25.8. The molecule has 2 aliphatic carbocycles. The van der Waals surface area contributed by atoms with Crippen LogP contribution < -0.4 is 0 Å². The molecule has 0 N–H and O–H groups in total. The van der Waals surface area contributed by atoms with Crippen molar-refractivity contribution in [3.8, 4) is 0 Å². The first-order valence-corrected chi connectivity index (χ1v) is 14.9. The molecule has 4 heteroatoms. The van der Waals surface area contributed by atoms with Crippen molar-refractivity contribution in [2.24, 2.45) is 0 Å². The van der Waals surface area contributed by atoms with Crippen LogP contribution in [0.5, 0.6) is 0 Å². The number of benzene rings is 2. The second kappa shape index (κ2) is 22.4. The monoisotopic (exact) mass is 546 g/mol. The Labute approximate surface area is 236 Å². The van der Waals surface area contributed by atoms with Gasteiger partial charge in [-0.05, 0) is 11.1 Å². The van der Waals surface area contributed by atoms with Crippen molar-refractivity contribution in [2.45, 2.75) is 52.4 Å². The summed E-state index contributed by atoms with van der Waals surface area (Å²) in [6, 6.07) is 21.2. The molecule has 0 aliphatic heterocycles. The average molecular weight is 548 g/mol. The van der Waals surface area contributed by atoms with Crippen LogP contribution in [0.15, 0.2) is 84.0 Å². The fraction of sp³-hybridized carbons (Fsp3) is 0.267. The van der Waals surface area contributed by atoms with Gasteiger partial charge in [-0.2, -0.15) is 0 Å². The van der Waals surface area contributed by atoms with Crippen LogP contribution >= 0.6 is 24.8 Å². The number of rotatable bonds is 6. The fourth-order valence-corrected chi connectivity index (χ4v) is 3.58. The van der Waals surface area contributed by atoms with Gasteiger partial charge >= 0.3 is 26.8 Å². The second-order valence-corrected chi connectivity index (χ2v) is 7.33. The minimum atomic E-state index is 0. The first kappa shape index (κ1) is 37.5. The van der Waals surface area contributed by atoms with Gasteiger partial charge in [0.25, 0.3) is 0 Å². The van der Waals surface area contributed by atoms with Gasteiger partial charge < -0.3 is 14.9 Å². The Morgan fingerprint density at radius 2 is 0.971 bits per heavy atom. The molecule has 4 rings (SSSR count). The molecular formula is C30H40Cl2SiTi-4. The summed E-state index contributed by atoms with van der Waals surface area (Å²) in [4.78, 5) is 0. The Morgan fingerprint density at radius 1 is 0.647 bits per heavy atom. The van der Waals surface area contributed by atoms with Crippen molar-refractivity contribution in [3.63, 3.8) is 0 Å². The number of halogens is 2. The Kier molecular flexibility index (Phi) is 24.7. The molecule has 0 amide bonds. The van der Waals surface area contributed by atoms with Gasteiger partial charge in [-0.1, -0.05) is 100 Å². The predicted molar refractivity (Wildman–Crippen MR) is 157 cm³/mol. The topological polar surface area (TPSA) is 0 Å². The molecule has 2 aromatic carbocycles. The quantitative estimate of drug-likeness (QED) is 0.250. The Bertz CT molecular complexity index is 824. The van der Waals surface area contributed by atoms with E-state index < -0.39 is 0 Å². The SMILES string of the molecule is CCCC1=[C-]CC(c2ccccc2)=C1.CCCC1=[C-]CC(c2ccccc2)=C1.Cl.Cl.[CH3-].[CH3-].[SiH2]=[Ti]. The molecule has 0 saturated carbocycles. The van der Waals surface area contributed by atoms with Crippen LogP contribution in [0.4, 0.5) is 0 Å². The molecule has 0 saturated heterocycles. The summed E-state index contributed by atoms with van der Waals surface area (Å²) in [5, 5.41) is 0. The molecule has 186 valence electrons. The van der Waals surface area contributed by atoms with Crippen LogP contribution in [0.1, 0.15) is 63.5 Å². The standard InChI is InChI=1S/2C14H15.2CH3.2ClH.H2Si.Ti/c2*1-2-6-12-9-10-14(11-12)13-7-4-3-5-8-13;;;;;;/h2*3-5,7-8,11H,2,6,10H2,1H3;2*1H3;2*1H;1H2;/q4*-1;;;;. The fourth-order valence-electron chi connectivity index (χ4n) is 3.58. The summed E-state index contributed by atoms with van der Waals surface area (Å²) < 4.78 is 0. The van der Waals surface area contributed by atoms with Crippen LogP contribution in [0.3, 0.4) is 0 Å². The van der Waals surface area contributed by atoms with Gasteiger partial charge in [0.1, 0.15) is 0 Å². The van der Waals surface area contributed by atoms with E-state index >= 15 is 0 Å². The van der Waals surface area contributed by atoms with E-state index in [1.165, 1.54) is 46.3 Å². The molecule has 0 radical (unpaired) electrons. The average Bonchev–Trinajstić information content (AvgIpc) is 3.48. The molecule has 0 spiro atoms. The van der Waals surface area contributed by atoms with Gasteiger partial charge in [0.05, 0.1) is 0 Å². The van der Waals surface area contributed by atoms with Gasteiger partial charge in [-0.25, -0.2) is 23.3 Å². The van der Waals surface area contributed by atoms with E-state index in [0.717, 1.165) is 25.7 Å². The molecule has 0 unspecified atom stereocenters. The zero-order chi connectivity index (χ0) is 21.6. The molecule has 2 aliphatic rings. The molecule has 0 bridgehead atoms. The van der Waals surface area contributed by atoms with E-state index in [1.807, 2.05) is 26.8 Å². The maximum atomic E-state index is 3.43. The number of allylic oxidation sites excluding steroid dienone is 8. The van der Waals surface area contributed by atoms with E-state index in [1.54, 1.807) is 0 Å². The molecule has 0 atom stereocenters. The maximum absolute atomic E-state index is 3.43. The first-order chi connectivity index (χ1) is 14.8. The molecule has 0 heterocycles. The van der Waals surface area contributed by atoms with E-state index in [9.17, 15) is 0 Å². The van der Waals surface area contributed by atoms with Crippen molar-refractivity contribution < 1.29 is 19.2 Å². The molecule has 34 heavy (non-hydrogen) atoms. The summed E-state index contributed by atoms with van der Waals surface area (Å²) >= 11 is 2.03. The summed E-state index contributed by atoms with van der Waals surface area (Å²) in [7, 11) is 1.86. The summed E-state index contributed by atoms with van der Waals surface area (Å²) in [5.41, 5.74) is 8.26. The van der Waals surface area contributed by atoms with Gasteiger partial charge in [0.15, 0.2) is 0 Å². The van der Waals surface area contributed by atoms with Crippen molar-refractivity contribution in [3.05, 3.63) is 122 Å². The van der Waals surface area contributed by atoms with Gasteiger partial charge in [0, 0.05) is 0 Å². The summed E-state index contributed by atoms with van der Waals surface area (Å²) in [6.45, 7) is 4.42. The molecule has 0 fully saturated rings. The van der Waals surface area contributed by atoms with Crippen molar-refractivity contribution in [1.29, 1.82) is 0 Å². The van der Waals surface area contributed by atoms with E-state index in [4.69, 9.17) is 0 Å². The second-order valence-electron chi connectivity index (χ2n) is 7.33. The van der Waals surface area contributed by atoms with Crippen LogP contribution in [0, 0.1) is 27.0 Å². The molecule has 0 aromatic heterocycles. The number of hydrogen-bond donors (Lipinski definition) is 0. The summed E-state index contributed by atoms with van der Waals surface area (Å²) in [6.07, 6.45) is 18.2. The minimum absolute atomic E-state index is 0. The Hall–Kier alpha value is -1.09. The van der Waals surface area contributed by atoms with Crippen LogP contribution in [-0.2, 0) is 19.2 Å². The third-order valence-electron chi connectivity index (χ3n) is 5.04. The van der Waals surface area contributed by atoms with E-state index in [0.29, 0.717) is 0 Å². The zero-order valence-electron chi connectivity index (χ0n) is 21.2. The van der Waals surface area contributed by atoms with Gasteiger partial charge in [-0.3, -0.25) is 12.2 Å². The van der Waals surface area contributed by atoms with Crippen LogP contribution in [-0.4, -0.2) is 7.63 Å². The third-order valence-corrected chi connectivity index (χ3v) is 5.04. The van der Waals surface area contributed by atoms with Gasteiger partial charge in [-0.15, -0.1) is 48.8 Å². The van der Waals surface area contributed by atoms with Crippen LogP contribution in [0.2, 0.25) is 0 Å². The normalized spacial score (nSPS) is 12.6. The Balaban J connectivity index is -0.000000475. The third kappa shape index (κ3) is 12.6. The molecular weight excluding hydrogens is 507 g/mol. The first-order valence-electron chi connectivity index (χ1n) is 10.9. The van der Waals surface area contributed by atoms with Crippen molar-refractivity contribution in [2.75, 3.05) is 0 Å². The van der Waals surface area contributed by atoms with E-state index in [-0.39, 0.29) is 39.7 Å². The molecule has 0 nitrogen and oxygen atoms in total. The number of hydrogen-bond acceptors (Lipinski definition) is 0.